The predicted octanol–water partition coefficient (Wildman–Crippen LogP) is 4.17. The summed E-state index contributed by atoms with van der Waals surface area (Å²) in [7, 11) is 0. The van der Waals surface area contributed by atoms with Crippen LogP contribution in [0.4, 0.5) is 0 Å². The van der Waals surface area contributed by atoms with E-state index in [1.165, 1.54) is 17.3 Å². The number of ether oxygens (including phenoxy) is 1. The molecular weight excluding hydrogens is 337 g/mol. The summed E-state index contributed by atoms with van der Waals surface area (Å²) in [6, 6.07) is 11.5. The first-order chi connectivity index (χ1) is 11.2. The molecule has 23 heavy (non-hydrogen) atoms. The number of nitrogens with zero attached hydrogens (tertiary/aromatic N) is 3. The largest absolute Gasteiger partial charge is 0.457 e. The Morgan fingerprint density at radius 1 is 1.09 bits per heavy atom. The fourth-order valence-corrected chi connectivity index (χ4v) is 2.50. The molecule has 0 saturated heterocycles. The number of aromatic nitrogens is 3. The smallest absolute Gasteiger partial charge is 0.149 e. The van der Waals surface area contributed by atoms with E-state index in [-0.39, 0.29) is 0 Å². The highest BCUT2D eigenvalue weighted by Gasteiger charge is 2.17. The lowest BCUT2D eigenvalue weighted by Gasteiger charge is -2.14. The Balaban J connectivity index is 1.85. The van der Waals surface area contributed by atoms with E-state index in [0.717, 1.165) is 6.29 Å². The number of hydrogen-bond donors (Lipinski definition) is 0. The van der Waals surface area contributed by atoms with Gasteiger partial charge in [-0.25, -0.2) is 9.67 Å². The number of halogens is 2. The van der Waals surface area contributed by atoms with Crippen molar-refractivity contribution in [2.45, 2.75) is 6.04 Å². The SMILES string of the molecule is O=CC(c1ccc(Oc2ccc(Cl)cc2)cc1Cl)n1cncn1. The van der Waals surface area contributed by atoms with Crippen molar-refractivity contribution >= 4 is 29.5 Å². The van der Waals surface area contributed by atoms with Gasteiger partial charge in [-0.2, -0.15) is 5.10 Å². The third-order valence-corrected chi connectivity index (χ3v) is 3.77. The van der Waals surface area contributed by atoms with E-state index >= 15 is 0 Å². The first kappa shape index (κ1) is 15.5. The number of carbonyl (C=O) groups excluding carboxylic acids is 1. The number of aldehydes is 1. The summed E-state index contributed by atoms with van der Waals surface area (Å²) in [5, 5.41) is 5.01. The Hall–Kier alpha value is -2.37. The summed E-state index contributed by atoms with van der Waals surface area (Å²) in [5.41, 5.74) is 0.621. The van der Waals surface area contributed by atoms with Crippen LogP contribution in [0.1, 0.15) is 11.6 Å². The highest BCUT2D eigenvalue weighted by atomic mass is 35.5. The Morgan fingerprint density at radius 2 is 1.83 bits per heavy atom. The molecule has 0 N–H and O–H groups in total. The Kier molecular flexibility index (Phi) is 4.60. The van der Waals surface area contributed by atoms with Gasteiger partial charge < -0.3 is 9.53 Å². The molecule has 0 fully saturated rings. The summed E-state index contributed by atoms with van der Waals surface area (Å²) in [6.07, 6.45) is 3.59. The normalized spacial score (nSPS) is 11.9. The molecule has 0 amide bonds. The fraction of sp³-hybridized carbons (Fsp3) is 0.0625. The average Bonchev–Trinajstić information content (AvgIpc) is 3.07. The van der Waals surface area contributed by atoms with Gasteiger partial charge in [0.25, 0.3) is 0 Å². The monoisotopic (exact) mass is 347 g/mol. The lowest BCUT2D eigenvalue weighted by atomic mass is 10.1. The first-order valence-corrected chi connectivity index (χ1v) is 7.45. The van der Waals surface area contributed by atoms with Crippen molar-refractivity contribution in [3.63, 3.8) is 0 Å². The molecular formula is C16H11Cl2N3O2. The maximum atomic E-state index is 11.4. The van der Waals surface area contributed by atoms with Crippen molar-refractivity contribution in [2.24, 2.45) is 0 Å². The van der Waals surface area contributed by atoms with Crippen LogP contribution in [-0.2, 0) is 4.79 Å². The van der Waals surface area contributed by atoms with Gasteiger partial charge in [-0.05, 0) is 36.4 Å². The topological polar surface area (TPSA) is 57.0 Å². The van der Waals surface area contributed by atoms with Crippen LogP contribution in [0.5, 0.6) is 11.5 Å². The summed E-state index contributed by atoms with van der Waals surface area (Å²) in [5.74, 6) is 1.20. The molecule has 0 aliphatic rings. The zero-order valence-corrected chi connectivity index (χ0v) is 13.3. The van der Waals surface area contributed by atoms with Crippen LogP contribution in [0.15, 0.2) is 55.1 Å². The second-order valence-electron chi connectivity index (χ2n) is 4.70. The van der Waals surface area contributed by atoms with Gasteiger partial charge in [0, 0.05) is 10.6 Å². The average molecular weight is 348 g/mol. The van der Waals surface area contributed by atoms with Crippen molar-refractivity contribution in [3.8, 4) is 11.5 Å². The number of benzene rings is 2. The molecule has 0 spiro atoms. The van der Waals surface area contributed by atoms with E-state index in [9.17, 15) is 4.79 Å². The molecule has 1 unspecified atom stereocenters. The van der Waals surface area contributed by atoms with Gasteiger partial charge in [-0.15, -0.1) is 0 Å². The van der Waals surface area contributed by atoms with Crippen LogP contribution in [0.2, 0.25) is 10.0 Å². The molecule has 0 radical (unpaired) electrons. The van der Waals surface area contributed by atoms with E-state index in [0.29, 0.717) is 27.1 Å². The van der Waals surface area contributed by atoms with E-state index in [4.69, 9.17) is 27.9 Å². The quantitative estimate of drug-likeness (QED) is 0.650. The first-order valence-electron chi connectivity index (χ1n) is 6.69. The maximum Gasteiger partial charge on any atom is 0.149 e. The third kappa shape index (κ3) is 3.52. The molecule has 0 bridgehead atoms. The summed E-state index contributed by atoms with van der Waals surface area (Å²) in [4.78, 5) is 15.2. The van der Waals surface area contributed by atoms with Crippen molar-refractivity contribution in [1.29, 1.82) is 0 Å². The number of rotatable bonds is 5. The Labute approximate surface area is 142 Å². The van der Waals surface area contributed by atoms with Gasteiger partial charge in [0.1, 0.15) is 36.5 Å². The summed E-state index contributed by atoms with van der Waals surface area (Å²) >= 11 is 12.1. The lowest BCUT2D eigenvalue weighted by Crippen LogP contribution is -2.13. The number of carbonyl (C=O) groups is 1. The standard InChI is InChI=1S/C16H11Cl2N3O2/c17-11-1-3-12(4-2-11)23-13-5-6-14(15(18)7-13)16(8-22)21-10-19-9-20-21/h1-10,16H. The molecule has 0 saturated carbocycles. The summed E-state index contributed by atoms with van der Waals surface area (Å²) in [6.45, 7) is 0. The van der Waals surface area contributed by atoms with Gasteiger partial charge in [0.15, 0.2) is 0 Å². The van der Waals surface area contributed by atoms with Gasteiger partial charge in [-0.3, -0.25) is 0 Å². The molecule has 1 atom stereocenters. The maximum absolute atomic E-state index is 11.4. The van der Waals surface area contributed by atoms with E-state index < -0.39 is 6.04 Å². The Bertz CT molecular complexity index is 805. The molecule has 0 aliphatic heterocycles. The summed E-state index contributed by atoms with van der Waals surface area (Å²) < 4.78 is 7.15. The minimum atomic E-state index is -0.630. The van der Waals surface area contributed by atoms with Gasteiger partial charge in [-0.1, -0.05) is 29.3 Å². The van der Waals surface area contributed by atoms with Crippen molar-refractivity contribution in [3.05, 3.63) is 70.7 Å². The highest BCUT2D eigenvalue weighted by Crippen LogP contribution is 2.31. The lowest BCUT2D eigenvalue weighted by molar-refractivity contribution is -0.109. The van der Waals surface area contributed by atoms with Crippen LogP contribution >= 0.6 is 23.2 Å². The highest BCUT2D eigenvalue weighted by molar-refractivity contribution is 6.31. The second kappa shape index (κ2) is 6.81. The van der Waals surface area contributed by atoms with Crippen LogP contribution in [0.3, 0.4) is 0 Å². The van der Waals surface area contributed by atoms with E-state index in [1.54, 1.807) is 42.5 Å². The zero-order valence-electron chi connectivity index (χ0n) is 11.8. The molecule has 0 aliphatic carbocycles. The molecule has 3 aromatic rings. The van der Waals surface area contributed by atoms with Crippen molar-refractivity contribution < 1.29 is 9.53 Å². The third-order valence-electron chi connectivity index (χ3n) is 3.19. The van der Waals surface area contributed by atoms with Crippen molar-refractivity contribution in [2.75, 3.05) is 0 Å². The molecule has 2 aromatic carbocycles. The number of hydrogen-bond acceptors (Lipinski definition) is 4. The van der Waals surface area contributed by atoms with Gasteiger partial charge in [0.05, 0.1) is 5.02 Å². The van der Waals surface area contributed by atoms with Gasteiger partial charge >= 0.3 is 0 Å². The van der Waals surface area contributed by atoms with Crippen LogP contribution in [-0.4, -0.2) is 21.1 Å². The van der Waals surface area contributed by atoms with Crippen LogP contribution in [0.25, 0.3) is 0 Å². The minimum absolute atomic E-state index is 0.407. The molecule has 5 nitrogen and oxygen atoms in total. The molecule has 116 valence electrons. The molecule has 1 heterocycles. The van der Waals surface area contributed by atoms with Gasteiger partial charge in [0.2, 0.25) is 0 Å². The fourth-order valence-electron chi connectivity index (χ4n) is 2.09. The molecule has 3 rings (SSSR count). The second-order valence-corrected chi connectivity index (χ2v) is 5.54. The minimum Gasteiger partial charge on any atom is -0.457 e. The van der Waals surface area contributed by atoms with E-state index in [1.807, 2.05) is 0 Å². The Morgan fingerprint density at radius 3 is 2.43 bits per heavy atom. The van der Waals surface area contributed by atoms with Crippen LogP contribution < -0.4 is 4.74 Å². The van der Waals surface area contributed by atoms with Crippen LogP contribution in [0, 0.1) is 0 Å². The zero-order chi connectivity index (χ0) is 16.2. The molecule has 1 aromatic heterocycles. The molecule has 7 heteroatoms. The predicted molar refractivity (Wildman–Crippen MR) is 87.2 cm³/mol. The van der Waals surface area contributed by atoms with E-state index in [2.05, 4.69) is 10.1 Å². The van der Waals surface area contributed by atoms with Crippen molar-refractivity contribution in [1.82, 2.24) is 14.8 Å².